The minimum atomic E-state index is -0.405. The van der Waals surface area contributed by atoms with Crippen LogP contribution in [0.1, 0.15) is 15.9 Å². The Kier molecular flexibility index (Phi) is 5.99. The number of hydrogen-bond acceptors (Lipinski definition) is 3. The van der Waals surface area contributed by atoms with Crippen LogP contribution in [0.2, 0.25) is 15.1 Å². The zero-order valence-electron chi connectivity index (χ0n) is 12.5. The Morgan fingerprint density at radius 1 is 1.00 bits per heavy atom. The second-order valence-corrected chi connectivity index (χ2v) is 5.78. The highest BCUT2D eigenvalue weighted by Crippen LogP contribution is 2.31. The van der Waals surface area contributed by atoms with Crippen molar-refractivity contribution in [3.8, 4) is 11.5 Å². The van der Waals surface area contributed by atoms with E-state index >= 15 is 0 Å². The van der Waals surface area contributed by atoms with E-state index in [9.17, 15) is 4.79 Å². The highest BCUT2D eigenvalue weighted by atomic mass is 35.5. The molecule has 2 aromatic carbocycles. The number of amides is 1. The molecule has 0 saturated heterocycles. The molecule has 0 aliphatic heterocycles. The Labute approximate surface area is 149 Å². The zero-order chi connectivity index (χ0) is 17.0. The third-order valence-electron chi connectivity index (χ3n) is 3.17. The highest BCUT2D eigenvalue weighted by Gasteiger charge is 2.17. The average molecular weight is 375 g/mol. The molecular weight excluding hydrogens is 361 g/mol. The molecule has 122 valence electrons. The van der Waals surface area contributed by atoms with Crippen molar-refractivity contribution >= 4 is 40.7 Å². The number of methoxy groups -OCH3 is 2. The Bertz CT molecular complexity index is 735. The van der Waals surface area contributed by atoms with Crippen molar-refractivity contribution < 1.29 is 14.3 Å². The van der Waals surface area contributed by atoms with Gasteiger partial charge in [0, 0.05) is 6.54 Å². The molecule has 0 spiro atoms. The molecule has 0 aromatic heterocycles. The largest absolute Gasteiger partial charge is 0.493 e. The van der Waals surface area contributed by atoms with Crippen LogP contribution in [0.25, 0.3) is 0 Å². The molecule has 0 atom stereocenters. The second-order valence-electron chi connectivity index (χ2n) is 4.59. The van der Waals surface area contributed by atoms with E-state index in [0.717, 1.165) is 5.56 Å². The quantitative estimate of drug-likeness (QED) is 0.778. The molecule has 2 rings (SSSR count). The van der Waals surface area contributed by atoms with Crippen LogP contribution >= 0.6 is 34.8 Å². The van der Waals surface area contributed by atoms with E-state index in [0.29, 0.717) is 11.5 Å². The molecule has 1 N–H and O–H groups in total. The Hall–Kier alpha value is -1.62. The number of carbonyl (C=O) groups excluding carboxylic acids is 1. The smallest absolute Gasteiger partial charge is 0.254 e. The molecule has 0 heterocycles. The maximum atomic E-state index is 12.3. The van der Waals surface area contributed by atoms with Gasteiger partial charge in [-0.25, -0.2) is 0 Å². The molecule has 0 saturated carbocycles. The topological polar surface area (TPSA) is 47.6 Å². The SMILES string of the molecule is COc1ccc(CNC(=O)c2c(Cl)ccc(Cl)c2Cl)cc1OC. The maximum Gasteiger partial charge on any atom is 0.254 e. The van der Waals surface area contributed by atoms with Crippen molar-refractivity contribution in [1.82, 2.24) is 5.32 Å². The van der Waals surface area contributed by atoms with Crippen LogP contribution in [0.5, 0.6) is 11.5 Å². The third-order valence-corrected chi connectivity index (χ3v) is 4.29. The molecule has 4 nitrogen and oxygen atoms in total. The fourth-order valence-corrected chi connectivity index (χ4v) is 2.70. The summed E-state index contributed by atoms with van der Waals surface area (Å²) >= 11 is 18.0. The summed E-state index contributed by atoms with van der Waals surface area (Å²) in [5.74, 6) is 0.791. The van der Waals surface area contributed by atoms with Gasteiger partial charge in [-0.2, -0.15) is 0 Å². The Morgan fingerprint density at radius 2 is 1.65 bits per heavy atom. The van der Waals surface area contributed by atoms with Crippen molar-refractivity contribution in [1.29, 1.82) is 0 Å². The van der Waals surface area contributed by atoms with Crippen molar-refractivity contribution in [2.24, 2.45) is 0 Å². The first-order chi connectivity index (χ1) is 11.0. The molecule has 0 fully saturated rings. The van der Waals surface area contributed by atoms with Crippen molar-refractivity contribution in [3.63, 3.8) is 0 Å². The van der Waals surface area contributed by atoms with Crippen molar-refractivity contribution in [3.05, 3.63) is 56.5 Å². The summed E-state index contributed by atoms with van der Waals surface area (Å²) in [5.41, 5.74) is 0.992. The van der Waals surface area contributed by atoms with Gasteiger partial charge in [-0.1, -0.05) is 40.9 Å². The predicted octanol–water partition coefficient (Wildman–Crippen LogP) is 4.59. The van der Waals surface area contributed by atoms with Gasteiger partial charge in [-0.05, 0) is 29.8 Å². The number of rotatable bonds is 5. The van der Waals surface area contributed by atoms with Crippen molar-refractivity contribution in [2.45, 2.75) is 6.54 Å². The van der Waals surface area contributed by atoms with E-state index < -0.39 is 5.91 Å². The number of nitrogens with one attached hydrogen (secondary N) is 1. The van der Waals surface area contributed by atoms with E-state index in [1.807, 2.05) is 6.07 Å². The first-order valence-corrected chi connectivity index (χ1v) is 7.74. The monoisotopic (exact) mass is 373 g/mol. The molecule has 0 radical (unpaired) electrons. The summed E-state index contributed by atoms with van der Waals surface area (Å²) in [6, 6.07) is 8.43. The lowest BCUT2D eigenvalue weighted by molar-refractivity contribution is 0.0951. The van der Waals surface area contributed by atoms with Crippen LogP contribution in [0.15, 0.2) is 30.3 Å². The van der Waals surface area contributed by atoms with Gasteiger partial charge in [-0.15, -0.1) is 0 Å². The first-order valence-electron chi connectivity index (χ1n) is 6.60. The van der Waals surface area contributed by atoms with Crippen LogP contribution in [0, 0.1) is 0 Å². The van der Waals surface area contributed by atoms with Gasteiger partial charge in [0.1, 0.15) is 0 Å². The summed E-state index contributed by atoms with van der Waals surface area (Å²) in [6.45, 7) is 0.276. The van der Waals surface area contributed by atoms with Gasteiger partial charge in [0.25, 0.3) is 5.91 Å². The van der Waals surface area contributed by atoms with Gasteiger partial charge in [0.15, 0.2) is 11.5 Å². The van der Waals surface area contributed by atoms with Gasteiger partial charge in [-0.3, -0.25) is 4.79 Å². The molecule has 1 amide bonds. The van der Waals surface area contributed by atoms with Crippen molar-refractivity contribution in [2.75, 3.05) is 14.2 Å². The van der Waals surface area contributed by atoms with E-state index in [2.05, 4.69) is 5.32 Å². The van der Waals surface area contributed by atoms with Crippen LogP contribution in [-0.2, 0) is 6.54 Å². The number of ether oxygens (including phenoxy) is 2. The van der Waals surface area contributed by atoms with Crippen LogP contribution in [0.4, 0.5) is 0 Å². The van der Waals surface area contributed by atoms with Gasteiger partial charge < -0.3 is 14.8 Å². The highest BCUT2D eigenvalue weighted by molar-refractivity contribution is 6.46. The van der Waals surface area contributed by atoms with Crippen LogP contribution in [-0.4, -0.2) is 20.1 Å². The van der Waals surface area contributed by atoms with E-state index in [4.69, 9.17) is 44.3 Å². The van der Waals surface area contributed by atoms with Gasteiger partial charge >= 0.3 is 0 Å². The summed E-state index contributed by atoms with van der Waals surface area (Å²) in [7, 11) is 3.11. The Balaban J connectivity index is 2.15. The fraction of sp³-hybridized carbons (Fsp3) is 0.188. The van der Waals surface area contributed by atoms with E-state index in [-0.39, 0.29) is 27.2 Å². The first kappa shape index (κ1) is 17.7. The Morgan fingerprint density at radius 3 is 2.30 bits per heavy atom. The minimum Gasteiger partial charge on any atom is -0.493 e. The molecule has 7 heteroatoms. The van der Waals surface area contributed by atoms with Crippen LogP contribution < -0.4 is 14.8 Å². The molecule has 0 aliphatic carbocycles. The summed E-state index contributed by atoms with van der Waals surface area (Å²) in [6.07, 6.45) is 0. The van der Waals surface area contributed by atoms with E-state index in [1.54, 1.807) is 26.4 Å². The lowest BCUT2D eigenvalue weighted by Gasteiger charge is -2.12. The number of hydrogen-bond donors (Lipinski definition) is 1. The number of carbonyl (C=O) groups is 1. The average Bonchev–Trinajstić information content (AvgIpc) is 2.56. The molecule has 0 unspecified atom stereocenters. The fourth-order valence-electron chi connectivity index (χ4n) is 2.00. The van der Waals surface area contributed by atoms with Gasteiger partial charge in [0.2, 0.25) is 0 Å². The minimum absolute atomic E-state index is 0.129. The molecular formula is C16H14Cl3NO3. The summed E-state index contributed by atoms with van der Waals surface area (Å²) in [5, 5.41) is 3.39. The van der Waals surface area contributed by atoms with Gasteiger partial charge in [0.05, 0.1) is 34.9 Å². The number of halogens is 3. The lowest BCUT2D eigenvalue weighted by atomic mass is 10.1. The molecule has 0 aliphatic rings. The lowest BCUT2D eigenvalue weighted by Crippen LogP contribution is -2.23. The summed E-state index contributed by atoms with van der Waals surface area (Å²) < 4.78 is 10.4. The molecule has 0 bridgehead atoms. The normalized spacial score (nSPS) is 10.3. The maximum absolute atomic E-state index is 12.3. The van der Waals surface area contributed by atoms with E-state index in [1.165, 1.54) is 12.1 Å². The summed E-state index contributed by atoms with van der Waals surface area (Å²) in [4.78, 5) is 12.3. The standard InChI is InChI=1S/C16H14Cl3NO3/c1-22-12-6-3-9(7-13(12)23-2)8-20-16(21)14-10(17)4-5-11(18)15(14)19/h3-7H,8H2,1-2H3,(H,20,21). The van der Waals surface area contributed by atoms with Crippen LogP contribution in [0.3, 0.4) is 0 Å². The number of benzene rings is 2. The zero-order valence-corrected chi connectivity index (χ0v) is 14.7. The third kappa shape index (κ3) is 4.02. The second kappa shape index (κ2) is 7.77. The predicted molar refractivity (Wildman–Crippen MR) is 92.2 cm³/mol. The molecule has 23 heavy (non-hydrogen) atoms. The molecule has 2 aromatic rings.